The summed E-state index contributed by atoms with van der Waals surface area (Å²) >= 11 is 2.65. The Morgan fingerprint density at radius 3 is 3.05 bits per heavy atom. The van der Waals surface area contributed by atoms with Gasteiger partial charge in [0.2, 0.25) is 5.91 Å². The Kier molecular flexibility index (Phi) is 3.66. The smallest absolute Gasteiger partial charge is 0.281 e. The lowest BCUT2D eigenvalue weighted by atomic mass is 9.89. The average molecular weight is 324 g/mol. The van der Waals surface area contributed by atoms with Crippen molar-refractivity contribution in [1.82, 2.24) is 9.66 Å². The number of rotatable bonds is 3. The number of fused-ring (bicyclic) bond motifs is 3. The molecule has 1 atom stereocenters. The number of hydrogen-bond acceptors (Lipinski definition) is 6. The molecule has 0 saturated carbocycles. The van der Waals surface area contributed by atoms with Gasteiger partial charge < -0.3 is 11.6 Å². The second-order valence-corrected chi connectivity index (χ2v) is 7.38. The van der Waals surface area contributed by atoms with Gasteiger partial charge in [0.1, 0.15) is 4.83 Å². The molecule has 8 heteroatoms. The van der Waals surface area contributed by atoms with E-state index >= 15 is 0 Å². The van der Waals surface area contributed by atoms with Crippen LogP contribution in [0, 0.1) is 5.92 Å². The number of nitrogens with zero attached hydrogens (tertiary/aromatic N) is 2. The summed E-state index contributed by atoms with van der Waals surface area (Å²) in [5.41, 5.74) is 5.99. The van der Waals surface area contributed by atoms with Gasteiger partial charge in [0.15, 0.2) is 5.16 Å². The number of primary amides is 1. The molecule has 1 aliphatic carbocycles. The normalized spacial score (nSPS) is 17.9. The maximum atomic E-state index is 12.5. The molecule has 2 heterocycles. The summed E-state index contributed by atoms with van der Waals surface area (Å²) in [4.78, 5) is 29.8. The van der Waals surface area contributed by atoms with E-state index in [0.717, 1.165) is 41.3 Å². The third-order valence-corrected chi connectivity index (χ3v) is 5.80. The molecule has 1 aliphatic rings. The fraction of sp³-hybridized carbons (Fsp3) is 0.462. The van der Waals surface area contributed by atoms with Crippen LogP contribution >= 0.6 is 23.1 Å². The van der Waals surface area contributed by atoms with Gasteiger partial charge in [0.25, 0.3) is 5.56 Å². The summed E-state index contributed by atoms with van der Waals surface area (Å²) in [7, 11) is 0. The highest BCUT2D eigenvalue weighted by Gasteiger charge is 2.24. The zero-order chi connectivity index (χ0) is 15.1. The van der Waals surface area contributed by atoms with Crippen LogP contribution in [0.1, 0.15) is 23.8 Å². The molecule has 0 saturated heterocycles. The van der Waals surface area contributed by atoms with Gasteiger partial charge in [-0.1, -0.05) is 18.7 Å². The molecule has 6 nitrogen and oxygen atoms in total. The third kappa shape index (κ3) is 2.53. The summed E-state index contributed by atoms with van der Waals surface area (Å²) in [6, 6.07) is 0. The molecule has 0 spiro atoms. The van der Waals surface area contributed by atoms with E-state index in [4.69, 9.17) is 11.6 Å². The van der Waals surface area contributed by atoms with Crippen molar-refractivity contribution in [2.45, 2.75) is 31.3 Å². The SMILES string of the molecule is C[C@H]1CCc2c(sc3nc(SCC(N)=O)n(N)c(=O)c23)C1. The first-order valence-corrected chi connectivity index (χ1v) is 8.51. The largest absolute Gasteiger partial charge is 0.369 e. The van der Waals surface area contributed by atoms with Crippen LogP contribution in [0.4, 0.5) is 0 Å². The standard InChI is InChI=1S/C13H16N4O2S2/c1-6-2-3-7-8(4-6)21-11-10(7)12(19)17(15)13(16-11)20-5-9(14)18/h6H,2-5,15H2,1H3,(H2,14,18)/t6-/m0/s1. The van der Waals surface area contributed by atoms with Gasteiger partial charge in [-0.15, -0.1) is 11.3 Å². The van der Waals surface area contributed by atoms with Gasteiger partial charge in [0.05, 0.1) is 11.1 Å². The van der Waals surface area contributed by atoms with Crippen LogP contribution in [0.25, 0.3) is 10.2 Å². The molecule has 0 fully saturated rings. The number of hydrogen-bond donors (Lipinski definition) is 2. The molecule has 3 rings (SSSR count). The van der Waals surface area contributed by atoms with Crippen LogP contribution in [-0.2, 0) is 17.6 Å². The fourth-order valence-electron chi connectivity index (χ4n) is 2.62. The van der Waals surface area contributed by atoms with Crippen molar-refractivity contribution in [3.05, 3.63) is 20.8 Å². The highest BCUT2D eigenvalue weighted by Crippen LogP contribution is 2.36. The molecule has 4 N–H and O–H groups in total. The van der Waals surface area contributed by atoms with Crippen molar-refractivity contribution in [3.8, 4) is 0 Å². The summed E-state index contributed by atoms with van der Waals surface area (Å²) in [5, 5.41) is 0.978. The number of nitrogens with two attached hydrogens (primary N) is 2. The number of nitrogen functional groups attached to an aromatic ring is 1. The summed E-state index contributed by atoms with van der Waals surface area (Å²) in [6.45, 7) is 2.22. The number of thioether (sulfide) groups is 1. The first-order chi connectivity index (χ1) is 9.97. The van der Waals surface area contributed by atoms with Crippen molar-refractivity contribution in [1.29, 1.82) is 0 Å². The zero-order valence-electron chi connectivity index (χ0n) is 11.6. The summed E-state index contributed by atoms with van der Waals surface area (Å²) in [6.07, 6.45) is 2.98. The first kappa shape index (κ1) is 14.4. The molecular formula is C13H16N4O2S2. The maximum absolute atomic E-state index is 12.5. The molecule has 2 aromatic heterocycles. The van der Waals surface area contributed by atoms with Gasteiger partial charge in [0, 0.05) is 4.88 Å². The molecule has 2 aromatic rings. The van der Waals surface area contributed by atoms with E-state index in [0.29, 0.717) is 21.3 Å². The Hall–Kier alpha value is -1.54. The minimum atomic E-state index is -0.464. The van der Waals surface area contributed by atoms with Crippen LogP contribution in [-0.4, -0.2) is 21.3 Å². The van der Waals surface area contributed by atoms with Crippen molar-refractivity contribution in [3.63, 3.8) is 0 Å². The van der Waals surface area contributed by atoms with Gasteiger partial charge in [-0.25, -0.2) is 9.66 Å². The lowest BCUT2D eigenvalue weighted by Gasteiger charge is -2.17. The van der Waals surface area contributed by atoms with E-state index in [1.54, 1.807) is 11.3 Å². The van der Waals surface area contributed by atoms with Crippen LogP contribution < -0.4 is 17.1 Å². The second kappa shape index (κ2) is 5.34. The number of amides is 1. The Morgan fingerprint density at radius 1 is 1.57 bits per heavy atom. The van der Waals surface area contributed by atoms with Crippen LogP contribution in [0.5, 0.6) is 0 Å². The lowest BCUT2D eigenvalue weighted by Crippen LogP contribution is -2.30. The van der Waals surface area contributed by atoms with E-state index in [1.807, 2.05) is 0 Å². The maximum Gasteiger partial charge on any atom is 0.281 e. The molecule has 0 unspecified atom stereocenters. The number of aromatic nitrogens is 2. The van der Waals surface area contributed by atoms with E-state index in [-0.39, 0.29) is 11.3 Å². The lowest BCUT2D eigenvalue weighted by molar-refractivity contribution is -0.115. The number of carbonyl (C=O) groups excluding carboxylic acids is 1. The highest BCUT2D eigenvalue weighted by molar-refractivity contribution is 7.99. The fourth-order valence-corrected chi connectivity index (χ4v) is 4.70. The number of carbonyl (C=O) groups is 1. The van der Waals surface area contributed by atoms with Crippen molar-refractivity contribution in [2.24, 2.45) is 11.7 Å². The summed E-state index contributed by atoms with van der Waals surface area (Å²) in [5.74, 6) is 6.05. The summed E-state index contributed by atoms with van der Waals surface area (Å²) < 4.78 is 1.03. The Balaban J connectivity index is 2.12. The van der Waals surface area contributed by atoms with Crippen LogP contribution in [0.3, 0.4) is 0 Å². The molecule has 0 radical (unpaired) electrons. The van der Waals surface area contributed by atoms with E-state index in [9.17, 15) is 9.59 Å². The van der Waals surface area contributed by atoms with E-state index in [1.165, 1.54) is 4.88 Å². The molecule has 0 aromatic carbocycles. The van der Waals surface area contributed by atoms with Crippen molar-refractivity contribution in [2.75, 3.05) is 11.6 Å². The minimum Gasteiger partial charge on any atom is -0.369 e. The van der Waals surface area contributed by atoms with Crippen molar-refractivity contribution >= 4 is 39.2 Å². The first-order valence-electron chi connectivity index (χ1n) is 6.71. The monoisotopic (exact) mass is 324 g/mol. The van der Waals surface area contributed by atoms with Crippen LogP contribution in [0.2, 0.25) is 0 Å². The van der Waals surface area contributed by atoms with E-state index in [2.05, 4.69) is 11.9 Å². The van der Waals surface area contributed by atoms with Gasteiger partial charge in [-0.3, -0.25) is 9.59 Å². The van der Waals surface area contributed by atoms with E-state index < -0.39 is 5.91 Å². The Labute approximate surface area is 129 Å². The third-order valence-electron chi connectivity index (χ3n) is 3.67. The minimum absolute atomic E-state index is 0.0528. The zero-order valence-corrected chi connectivity index (χ0v) is 13.2. The predicted molar refractivity (Wildman–Crippen MR) is 85.1 cm³/mol. The molecule has 0 bridgehead atoms. The molecule has 112 valence electrons. The number of aryl methyl sites for hydroxylation is 1. The molecular weight excluding hydrogens is 308 g/mol. The second-order valence-electron chi connectivity index (χ2n) is 5.36. The molecule has 0 aliphatic heterocycles. The quantitative estimate of drug-likeness (QED) is 0.495. The Bertz CT molecular complexity index is 781. The topological polar surface area (TPSA) is 104 Å². The molecule has 1 amide bonds. The average Bonchev–Trinajstić information content (AvgIpc) is 2.78. The highest BCUT2D eigenvalue weighted by atomic mass is 32.2. The molecule has 21 heavy (non-hydrogen) atoms. The van der Waals surface area contributed by atoms with Crippen LogP contribution in [0.15, 0.2) is 9.95 Å². The Morgan fingerprint density at radius 2 is 2.33 bits per heavy atom. The van der Waals surface area contributed by atoms with Gasteiger partial charge in [-0.2, -0.15) is 0 Å². The van der Waals surface area contributed by atoms with Gasteiger partial charge in [-0.05, 0) is 30.7 Å². The van der Waals surface area contributed by atoms with Gasteiger partial charge >= 0.3 is 0 Å². The number of thiophene rings is 1. The van der Waals surface area contributed by atoms with Crippen molar-refractivity contribution < 1.29 is 4.79 Å². The predicted octanol–water partition coefficient (Wildman–Crippen LogP) is 0.874.